The van der Waals surface area contributed by atoms with Crippen LogP contribution in [0.1, 0.15) is 57.8 Å². The smallest absolute Gasteiger partial charge is 0.214 e. The first-order chi connectivity index (χ1) is 9.44. The van der Waals surface area contributed by atoms with Crippen LogP contribution in [0.5, 0.6) is 0 Å². The van der Waals surface area contributed by atoms with Gasteiger partial charge in [0.25, 0.3) is 0 Å². The van der Waals surface area contributed by atoms with Crippen LogP contribution in [0.25, 0.3) is 0 Å². The molecule has 0 aromatic rings. The SMILES string of the molecule is C[N+](C)(C)C(O)COCCCC12CCCC[C@@H]1CCC2. The Bertz CT molecular complexity index is 300. The molecule has 2 fully saturated rings. The first-order valence-electron chi connectivity index (χ1n) is 8.51. The van der Waals surface area contributed by atoms with Gasteiger partial charge in [0.15, 0.2) is 0 Å². The third kappa shape index (κ3) is 3.96. The summed E-state index contributed by atoms with van der Waals surface area (Å²) in [5.74, 6) is 1.01. The van der Waals surface area contributed by atoms with Crippen LogP contribution in [0.3, 0.4) is 0 Å². The fraction of sp³-hybridized carbons (Fsp3) is 1.00. The number of quaternary nitrogens is 1. The van der Waals surface area contributed by atoms with Gasteiger partial charge in [0.2, 0.25) is 6.23 Å². The van der Waals surface area contributed by atoms with E-state index in [1.165, 1.54) is 57.8 Å². The standard InChI is InChI=1S/C17H34NO2/c1-18(2,3)16(19)14-20-13-7-12-17-10-5-4-8-15(17)9-6-11-17/h15-16,19H,4-14H2,1-3H3/q+1/t15-,16?,17?/m1/s1. The zero-order chi connectivity index (χ0) is 14.6. The van der Waals surface area contributed by atoms with Crippen LogP contribution in [0, 0.1) is 11.3 Å². The van der Waals surface area contributed by atoms with Gasteiger partial charge in [-0.2, -0.15) is 0 Å². The number of rotatable bonds is 7. The maximum absolute atomic E-state index is 9.93. The summed E-state index contributed by atoms with van der Waals surface area (Å²) in [6, 6.07) is 0. The maximum atomic E-state index is 9.93. The van der Waals surface area contributed by atoms with Crippen molar-refractivity contribution in [1.82, 2.24) is 0 Å². The highest BCUT2D eigenvalue weighted by Gasteiger charge is 2.43. The zero-order valence-corrected chi connectivity index (χ0v) is 13.7. The minimum absolute atomic E-state index is 0.415. The van der Waals surface area contributed by atoms with Gasteiger partial charge in [0.1, 0.15) is 6.61 Å². The first kappa shape index (κ1) is 16.3. The predicted molar refractivity (Wildman–Crippen MR) is 82.3 cm³/mol. The van der Waals surface area contributed by atoms with Crippen molar-refractivity contribution >= 4 is 0 Å². The molecule has 0 amide bonds. The number of hydrogen-bond acceptors (Lipinski definition) is 2. The molecule has 3 nitrogen and oxygen atoms in total. The lowest BCUT2D eigenvalue weighted by Gasteiger charge is -2.40. The van der Waals surface area contributed by atoms with E-state index in [-0.39, 0.29) is 0 Å². The molecule has 0 aromatic heterocycles. The van der Waals surface area contributed by atoms with Gasteiger partial charge in [0.05, 0.1) is 21.1 Å². The summed E-state index contributed by atoms with van der Waals surface area (Å²) in [6.45, 7) is 1.27. The third-order valence-corrected chi connectivity index (χ3v) is 5.69. The molecule has 2 unspecified atom stereocenters. The van der Waals surface area contributed by atoms with Gasteiger partial charge >= 0.3 is 0 Å². The summed E-state index contributed by atoms with van der Waals surface area (Å²) in [6.07, 6.45) is 12.3. The molecule has 2 saturated carbocycles. The van der Waals surface area contributed by atoms with Crippen molar-refractivity contribution in [2.24, 2.45) is 11.3 Å². The van der Waals surface area contributed by atoms with Crippen LogP contribution in [0.15, 0.2) is 0 Å². The van der Waals surface area contributed by atoms with E-state index in [1.807, 2.05) is 21.1 Å². The van der Waals surface area contributed by atoms with Crippen LogP contribution >= 0.6 is 0 Å². The highest BCUT2D eigenvalue weighted by molar-refractivity contribution is 4.94. The van der Waals surface area contributed by atoms with E-state index in [0.717, 1.165) is 12.5 Å². The molecule has 0 aromatic carbocycles. The Kier molecular flexibility index (Phi) is 5.49. The molecule has 0 bridgehead atoms. The van der Waals surface area contributed by atoms with Gasteiger partial charge in [-0.3, -0.25) is 0 Å². The van der Waals surface area contributed by atoms with Crippen molar-refractivity contribution in [3.63, 3.8) is 0 Å². The minimum Gasteiger partial charge on any atom is -0.372 e. The summed E-state index contributed by atoms with van der Waals surface area (Å²) in [4.78, 5) is 0. The van der Waals surface area contributed by atoms with E-state index in [1.54, 1.807) is 0 Å². The number of aliphatic hydroxyl groups is 1. The second kappa shape index (κ2) is 6.76. The molecule has 0 radical (unpaired) electrons. The topological polar surface area (TPSA) is 29.5 Å². The molecular formula is C17H34NO2+. The van der Waals surface area contributed by atoms with E-state index in [9.17, 15) is 5.11 Å². The Balaban J connectivity index is 1.66. The van der Waals surface area contributed by atoms with E-state index in [0.29, 0.717) is 16.5 Å². The predicted octanol–water partition coefficient (Wildman–Crippen LogP) is 3.17. The lowest BCUT2D eigenvalue weighted by Crippen LogP contribution is -2.47. The van der Waals surface area contributed by atoms with E-state index < -0.39 is 6.23 Å². The van der Waals surface area contributed by atoms with E-state index >= 15 is 0 Å². The number of hydrogen-bond donors (Lipinski definition) is 1. The minimum atomic E-state index is -0.415. The molecule has 0 saturated heterocycles. The van der Waals surface area contributed by atoms with Crippen LogP contribution in [0.4, 0.5) is 0 Å². The normalized spacial score (nSPS) is 32.1. The van der Waals surface area contributed by atoms with Gasteiger partial charge in [-0.1, -0.05) is 19.3 Å². The lowest BCUT2D eigenvalue weighted by atomic mass is 9.66. The van der Waals surface area contributed by atoms with Crippen molar-refractivity contribution in [3.8, 4) is 0 Å². The molecule has 2 aliphatic carbocycles. The van der Waals surface area contributed by atoms with Gasteiger partial charge in [-0.15, -0.1) is 0 Å². The average Bonchev–Trinajstić information content (AvgIpc) is 2.80. The molecule has 3 atom stereocenters. The molecule has 0 aliphatic heterocycles. The Labute approximate surface area is 124 Å². The molecule has 0 spiro atoms. The van der Waals surface area contributed by atoms with Crippen molar-refractivity contribution < 1.29 is 14.3 Å². The van der Waals surface area contributed by atoms with Crippen molar-refractivity contribution in [2.75, 3.05) is 34.4 Å². The number of nitrogens with zero attached hydrogens (tertiary/aromatic N) is 1. The molecule has 20 heavy (non-hydrogen) atoms. The number of likely N-dealkylation sites (N-methyl/N-ethyl adjacent to an activating group) is 1. The van der Waals surface area contributed by atoms with Crippen molar-refractivity contribution in [2.45, 2.75) is 64.0 Å². The Morgan fingerprint density at radius 3 is 2.60 bits per heavy atom. The molecule has 1 N–H and O–H groups in total. The van der Waals surface area contributed by atoms with Gasteiger partial charge in [-0.25, -0.2) is 0 Å². The van der Waals surface area contributed by atoms with E-state index in [4.69, 9.17) is 4.74 Å². The third-order valence-electron chi connectivity index (χ3n) is 5.69. The molecule has 2 rings (SSSR count). The van der Waals surface area contributed by atoms with Crippen LogP contribution in [-0.4, -0.2) is 50.2 Å². The van der Waals surface area contributed by atoms with E-state index in [2.05, 4.69) is 0 Å². The second-order valence-corrected chi connectivity index (χ2v) is 7.97. The van der Waals surface area contributed by atoms with Crippen molar-refractivity contribution in [1.29, 1.82) is 0 Å². The average molecular weight is 284 g/mol. The molecular weight excluding hydrogens is 250 g/mol. The van der Waals surface area contributed by atoms with Crippen LogP contribution in [0.2, 0.25) is 0 Å². The first-order valence-corrected chi connectivity index (χ1v) is 8.51. The van der Waals surface area contributed by atoms with Crippen LogP contribution < -0.4 is 0 Å². The number of fused-ring (bicyclic) bond motifs is 1. The Hall–Kier alpha value is -0.120. The highest BCUT2D eigenvalue weighted by atomic mass is 16.5. The summed E-state index contributed by atoms with van der Waals surface area (Å²) in [7, 11) is 5.99. The number of aliphatic hydroxyl groups excluding tert-OH is 1. The maximum Gasteiger partial charge on any atom is 0.214 e. The fourth-order valence-corrected chi connectivity index (χ4v) is 4.25. The van der Waals surface area contributed by atoms with Crippen molar-refractivity contribution in [3.05, 3.63) is 0 Å². The Morgan fingerprint density at radius 2 is 1.85 bits per heavy atom. The molecule has 118 valence electrons. The second-order valence-electron chi connectivity index (χ2n) is 7.97. The largest absolute Gasteiger partial charge is 0.372 e. The summed E-state index contributed by atoms with van der Waals surface area (Å²) < 4.78 is 6.24. The van der Waals surface area contributed by atoms with Gasteiger partial charge in [-0.05, 0) is 49.9 Å². The zero-order valence-electron chi connectivity index (χ0n) is 13.7. The summed E-state index contributed by atoms with van der Waals surface area (Å²) in [5.41, 5.74) is 0.667. The lowest BCUT2D eigenvalue weighted by molar-refractivity contribution is -0.919. The van der Waals surface area contributed by atoms with Gasteiger partial charge < -0.3 is 14.3 Å². The number of ether oxygens (including phenoxy) is 1. The Morgan fingerprint density at radius 1 is 1.15 bits per heavy atom. The molecule has 2 aliphatic rings. The fourth-order valence-electron chi connectivity index (χ4n) is 4.25. The van der Waals surface area contributed by atoms with Gasteiger partial charge in [0, 0.05) is 6.61 Å². The quantitative estimate of drug-likeness (QED) is 0.442. The summed E-state index contributed by atoms with van der Waals surface area (Å²) in [5, 5.41) is 9.93. The monoisotopic (exact) mass is 284 g/mol. The molecule has 3 heteroatoms. The summed E-state index contributed by atoms with van der Waals surface area (Å²) >= 11 is 0. The van der Waals surface area contributed by atoms with Crippen LogP contribution in [-0.2, 0) is 4.74 Å². The molecule has 0 heterocycles. The highest BCUT2D eigenvalue weighted by Crippen LogP contribution is 2.54.